The Bertz CT molecular complexity index is 1180. The number of benzene rings is 1. The Labute approximate surface area is 208 Å². The van der Waals surface area contributed by atoms with Gasteiger partial charge in [-0.15, -0.1) is 0 Å². The van der Waals surface area contributed by atoms with Gasteiger partial charge < -0.3 is 19.7 Å². The molecule has 1 saturated carbocycles. The van der Waals surface area contributed by atoms with Crippen LogP contribution in [0.4, 0.5) is 5.82 Å². The fourth-order valence-electron chi connectivity index (χ4n) is 3.02. The first kappa shape index (κ1) is 24.0. The van der Waals surface area contributed by atoms with Crippen LogP contribution in [0, 0.1) is 5.92 Å². The van der Waals surface area contributed by atoms with Crippen molar-refractivity contribution >= 4 is 40.7 Å². The number of amides is 1. The van der Waals surface area contributed by atoms with Crippen LogP contribution in [0.2, 0.25) is 5.02 Å². The molecular weight excluding hydrogens is 472 g/mol. The molecule has 1 atom stereocenters. The first-order valence-corrected chi connectivity index (χ1v) is 12.3. The van der Waals surface area contributed by atoms with Crippen LogP contribution in [0.1, 0.15) is 35.0 Å². The fourth-order valence-corrected chi connectivity index (χ4v) is 3.92. The van der Waals surface area contributed by atoms with Crippen molar-refractivity contribution in [2.24, 2.45) is 5.92 Å². The minimum absolute atomic E-state index is 0.157. The van der Waals surface area contributed by atoms with Gasteiger partial charge in [0, 0.05) is 44.2 Å². The highest BCUT2D eigenvalue weighted by molar-refractivity contribution is 7.14. The van der Waals surface area contributed by atoms with E-state index >= 15 is 0 Å². The molecule has 0 radical (unpaired) electrons. The zero-order chi connectivity index (χ0) is 24.1. The summed E-state index contributed by atoms with van der Waals surface area (Å²) in [4.78, 5) is 23.8. The van der Waals surface area contributed by atoms with Crippen LogP contribution in [-0.4, -0.2) is 42.6 Å². The Morgan fingerprint density at radius 1 is 1.29 bits per heavy atom. The fraction of sp³-hybridized carbons (Fsp3) is 0.320. The van der Waals surface area contributed by atoms with E-state index in [1.165, 1.54) is 24.2 Å². The maximum Gasteiger partial charge on any atom is 0.279 e. The van der Waals surface area contributed by atoms with Gasteiger partial charge >= 0.3 is 0 Å². The molecule has 9 heteroatoms. The summed E-state index contributed by atoms with van der Waals surface area (Å²) in [5.74, 6) is 2.52. The number of hydrogen-bond donors (Lipinski definition) is 1. The molecule has 1 fully saturated rings. The highest BCUT2D eigenvalue weighted by Gasteiger charge is 2.22. The maximum absolute atomic E-state index is 12.5. The van der Waals surface area contributed by atoms with Crippen LogP contribution in [0.5, 0.6) is 16.7 Å². The highest BCUT2D eigenvalue weighted by atomic mass is 35.5. The average Bonchev–Trinajstić information content (AvgIpc) is 3.55. The SMILES string of the molecule is C[C@@H](/C=C/c1cnc(Oc2ccc(OCC3CC3)cc2Cl)s1)NC(=O)c1ccnc(N(C)C)c1. The minimum atomic E-state index is -0.174. The smallest absolute Gasteiger partial charge is 0.279 e. The van der Waals surface area contributed by atoms with Gasteiger partial charge in [0.1, 0.15) is 17.3 Å². The topological polar surface area (TPSA) is 76.6 Å². The normalized spacial score (nSPS) is 14.1. The first-order valence-electron chi connectivity index (χ1n) is 11.1. The molecule has 2 aromatic heterocycles. The van der Waals surface area contributed by atoms with E-state index in [1.54, 1.807) is 36.7 Å². The summed E-state index contributed by atoms with van der Waals surface area (Å²) in [6.45, 7) is 2.64. The van der Waals surface area contributed by atoms with Gasteiger partial charge in [-0.05, 0) is 56.0 Å². The Hall–Kier alpha value is -3.10. The average molecular weight is 499 g/mol. The number of nitrogens with one attached hydrogen (secondary N) is 1. The third-order valence-corrected chi connectivity index (χ3v) is 6.30. The lowest BCUT2D eigenvalue weighted by atomic mass is 10.2. The molecule has 1 aliphatic rings. The molecule has 0 spiro atoms. The number of thiazole rings is 1. The molecule has 0 bridgehead atoms. The summed E-state index contributed by atoms with van der Waals surface area (Å²) in [7, 11) is 3.77. The van der Waals surface area contributed by atoms with Crippen molar-refractivity contribution in [2.75, 3.05) is 25.6 Å². The number of pyridine rings is 1. The molecule has 2 heterocycles. The zero-order valence-corrected chi connectivity index (χ0v) is 20.9. The van der Waals surface area contributed by atoms with Crippen LogP contribution in [-0.2, 0) is 0 Å². The lowest BCUT2D eigenvalue weighted by Gasteiger charge is -2.13. The van der Waals surface area contributed by atoms with Crippen molar-refractivity contribution in [1.82, 2.24) is 15.3 Å². The number of ether oxygens (including phenoxy) is 2. The van der Waals surface area contributed by atoms with Crippen molar-refractivity contribution in [3.8, 4) is 16.7 Å². The summed E-state index contributed by atoms with van der Waals surface area (Å²) in [5.41, 5.74) is 0.563. The van der Waals surface area contributed by atoms with E-state index in [0.29, 0.717) is 27.4 Å². The monoisotopic (exact) mass is 498 g/mol. The van der Waals surface area contributed by atoms with Gasteiger partial charge in [0.05, 0.1) is 16.5 Å². The lowest BCUT2D eigenvalue weighted by Crippen LogP contribution is -2.31. The van der Waals surface area contributed by atoms with E-state index in [0.717, 1.165) is 23.1 Å². The van der Waals surface area contributed by atoms with Gasteiger partial charge in [-0.25, -0.2) is 9.97 Å². The van der Waals surface area contributed by atoms with E-state index in [-0.39, 0.29) is 11.9 Å². The highest BCUT2D eigenvalue weighted by Crippen LogP contribution is 2.35. The Kier molecular flexibility index (Phi) is 7.70. The van der Waals surface area contributed by atoms with Crippen LogP contribution in [0.25, 0.3) is 6.08 Å². The first-order chi connectivity index (χ1) is 16.4. The molecule has 4 rings (SSSR count). The van der Waals surface area contributed by atoms with Crippen LogP contribution < -0.4 is 19.7 Å². The molecule has 1 amide bonds. The molecule has 0 saturated heterocycles. The number of carbonyl (C=O) groups excluding carboxylic acids is 1. The predicted molar refractivity (Wildman–Crippen MR) is 136 cm³/mol. The second-order valence-electron chi connectivity index (χ2n) is 8.40. The molecule has 1 aliphatic carbocycles. The zero-order valence-electron chi connectivity index (χ0n) is 19.3. The van der Waals surface area contributed by atoms with Crippen molar-refractivity contribution < 1.29 is 14.3 Å². The van der Waals surface area contributed by atoms with Crippen molar-refractivity contribution in [1.29, 1.82) is 0 Å². The molecular formula is C25H27ClN4O3S. The van der Waals surface area contributed by atoms with Crippen LogP contribution >= 0.6 is 22.9 Å². The van der Waals surface area contributed by atoms with Crippen LogP contribution in [0.15, 0.2) is 48.8 Å². The second-order valence-corrected chi connectivity index (χ2v) is 9.83. The Balaban J connectivity index is 1.31. The van der Waals surface area contributed by atoms with Gasteiger partial charge in [0.25, 0.3) is 11.1 Å². The maximum atomic E-state index is 12.5. The molecule has 7 nitrogen and oxygen atoms in total. The number of rotatable bonds is 10. The Morgan fingerprint density at radius 2 is 2.12 bits per heavy atom. The standard InChI is InChI=1S/C25H27ClN4O3S/c1-16(29-24(31)18-10-11-27-23(12-18)30(2)3)4-8-20-14-28-25(34-20)33-22-9-7-19(13-21(22)26)32-15-17-5-6-17/h4,7-14,16-17H,5-6,15H2,1-3H3,(H,29,31)/b8-4+/t16-/m0/s1. The molecule has 1 N–H and O–H groups in total. The van der Waals surface area contributed by atoms with Gasteiger partial charge in [-0.3, -0.25) is 4.79 Å². The number of aromatic nitrogens is 2. The summed E-state index contributed by atoms with van der Waals surface area (Å²) >= 11 is 7.75. The van der Waals surface area contributed by atoms with Gasteiger partial charge in [0.2, 0.25) is 0 Å². The molecule has 34 heavy (non-hydrogen) atoms. The number of carbonyl (C=O) groups is 1. The third-order valence-electron chi connectivity index (χ3n) is 5.16. The number of nitrogens with zero attached hydrogens (tertiary/aromatic N) is 3. The Morgan fingerprint density at radius 3 is 2.85 bits per heavy atom. The second kappa shape index (κ2) is 10.9. The third kappa shape index (κ3) is 6.71. The number of anilines is 1. The summed E-state index contributed by atoms with van der Waals surface area (Å²) in [6, 6.07) is 8.69. The van der Waals surface area contributed by atoms with Crippen molar-refractivity contribution in [2.45, 2.75) is 25.8 Å². The lowest BCUT2D eigenvalue weighted by molar-refractivity contribution is 0.0947. The van der Waals surface area contributed by atoms with E-state index in [1.807, 2.05) is 44.1 Å². The quantitative estimate of drug-likeness (QED) is 0.388. The molecule has 0 aliphatic heterocycles. The van der Waals surface area contributed by atoms with Crippen molar-refractivity contribution in [3.05, 3.63) is 64.3 Å². The molecule has 1 aromatic carbocycles. The van der Waals surface area contributed by atoms with Gasteiger partial charge in [-0.1, -0.05) is 29.0 Å². The summed E-state index contributed by atoms with van der Waals surface area (Å²) < 4.78 is 11.6. The van der Waals surface area contributed by atoms with Gasteiger partial charge in [0.15, 0.2) is 0 Å². The summed E-state index contributed by atoms with van der Waals surface area (Å²) in [6.07, 6.45) is 9.64. The molecule has 0 unspecified atom stereocenters. The van der Waals surface area contributed by atoms with Gasteiger partial charge in [-0.2, -0.15) is 0 Å². The minimum Gasteiger partial charge on any atom is -0.493 e. The molecule has 3 aromatic rings. The van der Waals surface area contributed by atoms with Crippen LogP contribution in [0.3, 0.4) is 0 Å². The number of halogens is 1. The van der Waals surface area contributed by atoms with E-state index in [2.05, 4.69) is 15.3 Å². The molecule has 178 valence electrons. The summed E-state index contributed by atoms with van der Waals surface area (Å²) in [5, 5.41) is 3.93. The van der Waals surface area contributed by atoms with Crippen molar-refractivity contribution in [3.63, 3.8) is 0 Å². The largest absolute Gasteiger partial charge is 0.493 e. The van der Waals surface area contributed by atoms with E-state index in [9.17, 15) is 4.79 Å². The van der Waals surface area contributed by atoms with E-state index in [4.69, 9.17) is 21.1 Å². The predicted octanol–water partition coefficient (Wildman–Crippen LogP) is 5.67. The number of hydrogen-bond acceptors (Lipinski definition) is 7. The van der Waals surface area contributed by atoms with E-state index < -0.39 is 0 Å².